The van der Waals surface area contributed by atoms with E-state index < -0.39 is 0 Å². The Morgan fingerprint density at radius 1 is 1.45 bits per heavy atom. The molecule has 0 radical (unpaired) electrons. The number of rotatable bonds is 6. The normalized spacial score (nSPS) is 12.3. The van der Waals surface area contributed by atoms with Gasteiger partial charge in [-0.1, -0.05) is 0 Å². The molecule has 2 aromatic heterocycles. The molecule has 0 spiro atoms. The third-order valence-corrected chi connectivity index (χ3v) is 4.40. The van der Waals surface area contributed by atoms with E-state index in [0.717, 1.165) is 12.1 Å². The molecule has 2 heterocycles. The molecule has 0 aliphatic heterocycles. The molecule has 0 aromatic carbocycles. The molecule has 20 heavy (non-hydrogen) atoms. The topological polar surface area (TPSA) is 46.9 Å². The summed E-state index contributed by atoms with van der Waals surface area (Å²) >= 11 is 1.75. The van der Waals surface area contributed by atoms with Crippen LogP contribution in [0.4, 0.5) is 0 Å². The Morgan fingerprint density at radius 3 is 2.85 bits per heavy atom. The van der Waals surface area contributed by atoms with Crippen molar-refractivity contribution in [3.05, 3.63) is 39.8 Å². The van der Waals surface area contributed by atoms with Crippen LogP contribution in [0.25, 0.3) is 0 Å². The summed E-state index contributed by atoms with van der Waals surface area (Å²) in [5.74, 6) is 0.0832. The van der Waals surface area contributed by atoms with Gasteiger partial charge in [-0.2, -0.15) is 5.10 Å². The van der Waals surface area contributed by atoms with Crippen LogP contribution in [0.2, 0.25) is 0 Å². The summed E-state index contributed by atoms with van der Waals surface area (Å²) in [5.41, 5.74) is 2.29. The number of carbonyl (C=O) groups is 1. The molecule has 108 valence electrons. The maximum atomic E-state index is 11.9. The molecule has 0 unspecified atom stereocenters. The van der Waals surface area contributed by atoms with E-state index in [1.54, 1.807) is 11.3 Å². The fourth-order valence-corrected chi connectivity index (χ4v) is 3.00. The molecule has 0 fully saturated rings. The fraction of sp³-hybridized carbons (Fsp3) is 0.467. The number of nitrogens with zero attached hydrogens (tertiary/aromatic N) is 2. The molecule has 4 nitrogen and oxygen atoms in total. The van der Waals surface area contributed by atoms with E-state index in [2.05, 4.69) is 28.8 Å². The van der Waals surface area contributed by atoms with E-state index in [0.29, 0.717) is 13.0 Å². The van der Waals surface area contributed by atoms with Crippen molar-refractivity contribution in [3.8, 4) is 0 Å². The molecule has 0 aliphatic carbocycles. The van der Waals surface area contributed by atoms with Gasteiger partial charge in [0.05, 0.1) is 11.7 Å². The van der Waals surface area contributed by atoms with E-state index in [1.807, 2.05) is 30.8 Å². The minimum atomic E-state index is 0.0832. The maximum Gasteiger partial charge on any atom is 0.222 e. The number of hydrogen-bond acceptors (Lipinski definition) is 3. The predicted octanol–water partition coefficient (Wildman–Crippen LogP) is 2.87. The van der Waals surface area contributed by atoms with Crippen molar-refractivity contribution in [1.82, 2.24) is 15.1 Å². The van der Waals surface area contributed by atoms with Gasteiger partial charge in [0.1, 0.15) is 0 Å². The maximum absolute atomic E-state index is 11.9. The molecule has 0 saturated heterocycles. The molecule has 0 bridgehead atoms. The standard InChI is InChI=1S/C15H21N3OS/c1-11-6-9-20-14(11)4-7-16-15(19)10-13(3)18-8-5-12(2)17-18/h5-6,8-9,13H,4,7,10H2,1-3H3,(H,16,19)/t13-/m0/s1. The lowest BCUT2D eigenvalue weighted by Crippen LogP contribution is -2.27. The first kappa shape index (κ1) is 14.8. The predicted molar refractivity (Wildman–Crippen MR) is 82.1 cm³/mol. The van der Waals surface area contributed by atoms with Gasteiger partial charge in [-0.15, -0.1) is 11.3 Å². The Hall–Kier alpha value is -1.62. The van der Waals surface area contributed by atoms with Gasteiger partial charge in [-0.3, -0.25) is 9.48 Å². The molecular formula is C15H21N3OS. The van der Waals surface area contributed by atoms with Crippen LogP contribution >= 0.6 is 11.3 Å². The van der Waals surface area contributed by atoms with Crippen molar-refractivity contribution in [2.75, 3.05) is 6.54 Å². The second-order valence-electron chi connectivity index (χ2n) is 5.12. The van der Waals surface area contributed by atoms with Gasteiger partial charge >= 0.3 is 0 Å². The van der Waals surface area contributed by atoms with Gasteiger partial charge in [0.15, 0.2) is 0 Å². The Balaban J connectivity index is 1.74. The number of hydrogen-bond donors (Lipinski definition) is 1. The number of aromatic nitrogens is 2. The van der Waals surface area contributed by atoms with Crippen LogP contribution in [0.15, 0.2) is 23.7 Å². The van der Waals surface area contributed by atoms with Gasteiger partial charge < -0.3 is 5.32 Å². The van der Waals surface area contributed by atoms with Gasteiger partial charge in [-0.25, -0.2) is 0 Å². The van der Waals surface area contributed by atoms with Crippen molar-refractivity contribution in [2.24, 2.45) is 0 Å². The zero-order chi connectivity index (χ0) is 14.5. The van der Waals surface area contributed by atoms with Crippen LogP contribution < -0.4 is 5.32 Å². The first-order valence-corrected chi connectivity index (χ1v) is 7.75. The molecule has 1 N–H and O–H groups in total. The molecule has 1 amide bonds. The Bertz CT molecular complexity index is 573. The van der Waals surface area contributed by atoms with Crippen molar-refractivity contribution in [1.29, 1.82) is 0 Å². The smallest absolute Gasteiger partial charge is 0.222 e. The highest BCUT2D eigenvalue weighted by Crippen LogP contribution is 2.15. The summed E-state index contributed by atoms with van der Waals surface area (Å²) in [5, 5.41) is 9.41. The summed E-state index contributed by atoms with van der Waals surface area (Å²) in [7, 11) is 0. The highest BCUT2D eigenvalue weighted by atomic mass is 32.1. The van der Waals surface area contributed by atoms with Crippen LogP contribution in [0.1, 0.15) is 35.5 Å². The second-order valence-corrected chi connectivity index (χ2v) is 6.12. The van der Waals surface area contributed by atoms with Gasteiger partial charge in [0.25, 0.3) is 0 Å². The molecule has 0 saturated carbocycles. The molecule has 2 aromatic rings. The largest absolute Gasteiger partial charge is 0.356 e. The van der Waals surface area contributed by atoms with E-state index >= 15 is 0 Å². The minimum Gasteiger partial charge on any atom is -0.356 e. The highest BCUT2D eigenvalue weighted by Gasteiger charge is 2.11. The summed E-state index contributed by atoms with van der Waals surface area (Å²) in [6.07, 6.45) is 3.29. The SMILES string of the molecule is Cc1ccn([C@@H](C)CC(=O)NCCc2sccc2C)n1. The Kier molecular flexibility index (Phi) is 4.95. The Labute approximate surface area is 123 Å². The monoisotopic (exact) mass is 291 g/mol. The number of aryl methyl sites for hydroxylation is 2. The summed E-state index contributed by atoms with van der Waals surface area (Å²) < 4.78 is 1.85. The number of thiophene rings is 1. The van der Waals surface area contributed by atoms with Crippen LogP contribution in [-0.4, -0.2) is 22.2 Å². The molecule has 0 aliphatic rings. The molecular weight excluding hydrogens is 270 g/mol. The molecule has 5 heteroatoms. The number of amides is 1. The van der Waals surface area contributed by atoms with Gasteiger partial charge in [-0.05, 0) is 50.3 Å². The van der Waals surface area contributed by atoms with Crippen LogP contribution in [0, 0.1) is 13.8 Å². The van der Waals surface area contributed by atoms with E-state index in [-0.39, 0.29) is 11.9 Å². The van der Waals surface area contributed by atoms with E-state index in [4.69, 9.17) is 0 Å². The van der Waals surface area contributed by atoms with Crippen molar-refractivity contribution >= 4 is 17.2 Å². The van der Waals surface area contributed by atoms with Gasteiger partial charge in [0.2, 0.25) is 5.91 Å². The number of nitrogens with one attached hydrogen (secondary N) is 1. The van der Waals surface area contributed by atoms with E-state index in [1.165, 1.54) is 10.4 Å². The Morgan fingerprint density at radius 2 is 2.25 bits per heavy atom. The third-order valence-electron chi connectivity index (χ3n) is 3.32. The first-order valence-electron chi connectivity index (χ1n) is 6.87. The van der Waals surface area contributed by atoms with Crippen molar-refractivity contribution < 1.29 is 4.79 Å². The molecule has 2 rings (SSSR count). The highest BCUT2D eigenvalue weighted by molar-refractivity contribution is 7.10. The quantitative estimate of drug-likeness (QED) is 0.889. The lowest BCUT2D eigenvalue weighted by atomic mass is 10.2. The summed E-state index contributed by atoms with van der Waals surface area (Å²) in [6.45, 7) is 6.77. The number of carbonyl (C=O) groups excluding carboxylic acids is 1. The van der Waals surface area contributed by atoms with E-state index in [9.17, 15) is 4.79 Å². The first-order chi connectivity index (χ1) is 9.56. The van der Waals surface area contributed by atoms with Crippen molar-refractivity contribution in [2.45, 2.75) is 39.7 Å². The van der Waals surface area contributed by atoms with Crippen LogP contribution in [-0.2, 0) is 11.2 Å². The average molecular weight is 291 g/mol. The lowest BCUT2D eigenvalue weighted by Gasteiger charge is -2.12. The van der Waals surface area contributed by atoms with Crippen LogP contribution in [0.5, 0.6) is 0 Å². The summed E-state index contributed by atoms with van der Waals surface area (Å²) in [4.78, 5) is 13.2. The summed E-state index contributed by atoms with van der Waals surface area (Å²) in [6, 6.07) is 4.16. The second kappa shape index (κ2) is 6.70. The average Bonchev–Trinajstić information content (AvgIpc) is 2.99. The van der Waals surface area contributed by atoms with Gasteiger partial charge in [0, 0.05) is 24.0 Å². The zero-order valence-electron chi connectivity index (χ0n) is 12.2. The van der Waals surface area contributed by atoms with Crippen molar-refractivity contribution in [3.63, 3.8) is 0 Å². The fourth-order valence-electron chi connectivity index (χ4n) is 2.09. The van der Waals surface area contributed by atoms with Crippen LogP contribution in [0.3, 0.4) is 0 Å². The lowest BCUT2D eigenvalue weighted by molar-refractivity contribution is -0.121. The minimum absolute atomic E-state index is 0.0832. The molecule has 1 atom stereocenters. The third kappa shape index (κ3) is 3.93. The zero-order valence-corrected chi connectivity index (χ0v) is 13.0.